The summed E-state index contributed by atoms with van der Waals surface area (Å²) in [6.45, 7) is 1.58. The van der Waals surface area contributed by atoms with Gasteiger partial charge in [0.1, 0.15) is 0 Å². The van der Waals surface area contributed by atoms with E-state index >= 15 is 0 Å². The van der Waals surface area contributed by atoms with Crippen molar-refractivity contribution in [2.45, 2.75) is 18.8 Å². The highest BCUT2D eigenvalue weighted by atomic mass is 16.5. The second-order valence-corrected chi connectivity index (χ2v) is 4.94. The van der Waals surface area contributed by atoms with Gasteiger partial charge in [0.25, 0.3) is 0 Å². The number of likely N-dealkylation sites (N-methyl/N-ethyl adjacent to an activating group) is 1. The van der Waals surface area contributed by atoms with Gasteiger partial charge in [0.15, 0.2) is 0 Å². The molecule has 1 aromatic carbocycles. The molecule has 1 saturated heterocycles. The zero-order chi connectivity index (χ0) is 13.7. The molecule has 19 heavy (non-hydrogen) atoms. The molecule has 0 saturated carbocycles. The van der Waals surface area contributed by atoms with Gasteiger partial charge in [-0.1, -0.05) is 30.3 Å². The molecule has 5 nitrogen and oxygen atoms in total. The van der Waals surface area contributed by atoms with E-state index in [1.165, 1.54) is 0 Å². The van der Waals surface area contributed by atoms with Crippen LogP contribution in [0.4, 0.5) is 0 Å². The van der Waals surface area contributed by atoms with Gasteiger partial charge >= 0.3 is 0 Å². The Bertz CT molecular complexity index is 410. The number of hydrogen-bond donors (Lipinski definition) is 2. The maximum absolute atomic E-state index is 11.6. The van der Waals surface area contributed by atoms with E-state index in [-0.39, 0.29) is 11.9 Å². The van der Waals surface area contributed by atoms with E-state index in [1.807, 2.05) is 37.4 Å². The maximum Gasteiger partial charge on any atom is 0.234 e. The first-order valence-corrected chi connectivity index (χ1v) is 6.43. The van der Waals surface area contributed by atoms with Crippen LogP contribution in [0.15, 0.2) is 30.3 Å². The van der Waals surface area contributed by atoms with Crippen molar-refractivity contribution in [1.82, 2.24) is 10.2 Å². The zero-order valence-electron chi connectivity index (χ0n) is 11.1. The van der Waals surface area contributed by atoms with Crippen LogP contribution in [-0.2, 0) is 16.1 Å². The minimum Gasteiger partial charge on any atom is -0.390 e. The number of carbonyl (C=O) groups excluding carboxylic acids is 1. The number of carbonyl (C=O) groups is 1. The molecular formula is C14H20N2O3. The Hall–Kier alpha value is -1.43. The van der Waals surface area contributed by atoms with Crippen LogP contribution in [-0.4, -0.2) is 54.8 Å². The fourth-order valence-electron chi connectivity index (χ4n) is 2.14. The number of aliphatic hydroxyl groups excluding tert-OH is 1. The van der Waals surface area contributed by atoms with Gasteiger partial charge in [0.05, 0.1) is 31.9 Å². The molecule has 0 spiro atoms. The molecule has 2 rings (SSSR count). The van der Waals surface area contributed by atoms with Crippen molar-refractivity contribution in [2.24, 2.45) is 0 Å². The number of aliphatic hydroxyl groups is 1. The van der Waals surface area contributed by atoms with E-state index in [0.717, 1.165) is 5.56 Å². The summed E-state index contributed by atoms with van der Waals surface area (Å²) in [4.78, 5) is 13.4. The largest absolute Gasteiger partial charge is 0.390 e. The van der Waals surface area contributed by atoms with E-state index in [1.54, 1.807) is 4.90 Å². The van der Waals surface area contributed by atoms with E-state index in [9.17, 15) is 9.90 Å². The van der Waals surface area contributed by atoms with Gasteiger partial charge in [-0.2, -0.15) is 0 Å². The molecule has 0 radical (unpaired) electrons. The topological polar surface area (TPSA) is 61.8 Å². The summed E-state index contributed by atoms with van der Waals surface area (Å²) in [6.07, 6.45) is -0.604. The van der Waals surface area contributed by atoms with Crippen LogP contribution < -0.4 is 5.32 Å². The molecule has 1 heterocycles. The van der Waals surface area contributed by atoms with Gasteiger partial charge in [0, 0.05) is 6.54 Å². The first kappa shape index (κ1) is 14.0. The van der Waals surface area contributed by atoms with Gasteiger partial charge in [-0.25, -0.2) is 0 Å². The first-order chi connectivity index (χ1) is 9.15. The summed E-state index contributed by atoms with van der Waals surface area (Å²) in [5.74, 6) is -0.0765. The number of rotatable bonds is 4. The number of nitrogens with zero attached hydrogens (tertiary/aromatic N) is 1. The summed E-state index contributed by atoms with van der Waals surface area (Å²) in [5.41, 5.74) is 1.08. The molecule has 104 valence electrons. The predicted octanol–water partition coefficient (Wildman–Crippen LogP) is -0.00570. The Morgan fingerprint density at radius 2 is 2.16 bits per heavy atom. The lowest BCUT2D eigenvalue weighted by Gasteiger charge is -2.22. The quantitative estimate of drug-likeness (QED) is 0.803. The van der Waals surface area contributed by atoms with Crippen molar-refractivity contribution in [3.05, 3.63) is 35.9 Å². The second-order valence-electron chi connectivity index (χ2n) is 4.94. The van der Waals surface area contributed by atoms with Crippen LogP contribution in [0, 0.1) is 0 Å². The molecule has 1 aliphatic rings. The van der Waals surface area contributed by atoms with Crippen LogP contribution in [0.1, 0.15) is 5.56 Å². The summed E-state index contributed by atoms with van der Waals surface area (Å²) in [7, 11) is 1.82. The molecule has 1 aromatic rings. The number of hydrogen-bond acceptors (Lipinski definition) is 4. The van der Waals surface area contributed by atoms with E-state index < -0.39 is 6.10 Å². The van der Waals surface area contributed by atoms with Crippen molar-refractivity contribution in [2.75, 3.05) is 26.7 Å². The first-order valence-electron chi connectivity index (χ1n) is 6.43. The van der Waals surface area contributed by atoms with E-state index in [4.69, 9.17) is 4.74 Å². The zero-order valence-corrected chi connectivity index (χ0v) is 11.1. The number of benzene rings is 1. The summed E-state index contributed by atoms with van der Waals surface area (Å²) in [5, 5.41) is 12.8. The minimum atomic E-state index is -0.604. The summed E-state index contributed by atoms with van der Waals surface area (Å²) < 4.78 is 5.58. The van der Waals surface area contributed by atoms with Crippen molar-refractivity contribution in [1.29, 1.82) is 0 Å². The number of β-amino-alcohol motifs (C(OH)–C–C–N with tert-alkyl or cyclic N) is 1. The third-order valence-corrected chi connectivity index (χ3v) is 3.13. The Labute approximate surface area is 113 Å². The molecule has 0 unspecified atom stereocenters. The average molecular weight is 264 g/mol. The van der Waals surface area contributed by atoms with Crippen molar-refractivity contribution in [3.8, 4) is 0 Å². The third kappa shape index (κ3) is 4.31. The molecule has 0 aromatic heterocycles. The van der Waals surface area contributed by atoms with E-state index in [2.05, 4.69) is 5.32 Å². The summed E-state index contributed by atoms with van der Waals surface area (Å²) in [6, 6.07) is 9.48. The molecule has 1 amide bonds. The molecule has 5 heteroatoms. The molecular weight excluding hydrogens is 244 g/mol. The summed E-state index contributed by atoms with van der Waals surface area (Å²) >= 11 is 0. The number of nitrogens with one attached hydrogen (secondary N) is 1. The smallest absolute Gasteiger partial charge is 0.234 e. The lowest BCUT2D eigenvalue weighted by molar-refractivity contribution is -0.122. The number of ether oxygens (including phenoxy) is 1. The van der Waals surface area contributed by atoms with Crippen molar-refractivity contribution in [3.63, 3.8) is 0 Å². The highest BCUT2D eigenvalue weighted by Gasteiger charge is 2.27. The van der Waals surface area contributed by atoms with Gasteiger partial charge < -0.3 is 15.2 Å². The van der Waals surface area contributed by atoms with Crippen molar-refractivity contribution >= 4 is 5.91 Å². The normalized spacial score (nSPS) is 24.8. The fraction of sp³-hybridized carbons (Fsp3) is 0.500. The lowest BCUT2D eigenvalue weighted by Crippen LogP contribution is -2.46. The van der Waals surface area contributed by atoms with Gasteiger partial charge in [-0.15, -0.1) is 0 Å². The molecule has 0 bridgehead atoms. The van der Waals surface area contributed by atoms with Crippen LogP contribution in [0.2, 0.25) is 0 Å². The SMILES string of the molecule is CN1CC(=O)N[C@H](COCc2ccccc2)[C@@H](O)C1. The van der Waals surface area contributed by atoms with Crippen LogP contribution in [0.3, 0.4) is 0 Å². The van der Waals surface area contributed by atoms with Gasteiger partial charge in [-0.05, 0) is 12.6 Å². The Morgan fingerprint density at radius 3 is 2.89 bits per heavy atom. The lowest BCUT2D eigenvalue weighted by atomic mass is 10.1. The molecule has 1 aliphatic heterocycles. The van der Waals surface area contributed by atoms with Crippen LogP contribution >= 0.6 is 0 Å². The van der Waals surface area contributed by atoms with Gasteiger partial charge in [-0.3, -0.25) is 9.69 Å². The Morgan fingerprint density at radius 1 is 1.42 bits per heavy atom. The minimum absolute atomic E-state index is 0.0765. The molecule has 1 fully saturated rings. The van der Waals surface area contributed by atoms with Crippen LogP contribution in [0.5, 0.6) is 0 Å². The predicted molar refractivity (Wildman–Crippen MR) is 71.5 cm³/mol. The monoisotopic (exact) mass is 264 g/mol. The van der Waals surface area contributed by atoms with Crippen LogP contribution in [0.25, 0.3) is 0 Å². The molecule has 2 N–H and O–H groups in total. The van der Waals surface area contributed by atoms with E-state index in [0.29, 0.717) is 26.3 Å². The standard InChI is InChI=1S/C14H20N2O3/c1-16-7-13(17)12(15-14(18)8-16)10-19-9-11-5-3-2-4-6-11/h2-6,12-13,17H,7-10H2,1H3,(H,15,18)/t12-,13+/m1/s1. The Balaban J connectivity index is 1.82. The highest BCUT2D eigenvalue weighted by Crippen LogP contribution is 2.05. The maximum atomic E-state index is 11.6. The molecule has 0 aliphatic carbocycles. The fourth-order valence-corrected chi connectivity index (χ4v) is 2.14. The second kappa shape index (κ2) is 6.65. The van der Waals surface area contributed by atoms with Crippen molar-refractivity contribution < 1.29 is 14.6 Å². The number of amides is 1. The third-order valence-electron chi connectivity index (χ3n) is 3.13. The Kier molecular flexibility index (Phi) is 4.90. The highest BCUT2D eigenvalue weighted by molar-refractivity contribution is 5.78. The van der Waals surface area contributed by atoms with Gasteiger partial charge in [0.2, 0.25) is 5.91 Å². The average Bonchev–Trinajstić information content (AvgIpc) is 2.49. The molecule has 2 atom stereocenters.